The molecule has 0 bridgehead atoms. The van der Waals surface area contributed by atoms with Gasteiger partial charge in [0.1, 0.15) is 0 Å². The van der Waals surface area contributed by atoms with Gasteiger partial charge in [0.05, 0.1) is 11.6 Å². The summed E-state index contributed by atoms with van der Waals surface area (Å²) in [5, 5.41) is 8.56. The van der Waals surface area contributed by atoms with Crippen molar-refractivity contribution in [3.8, 4) is 11.4 Å². The average Bonchev–Trinajstić information content (AvgIpc) is 3.25. The first-order valence-corrected chi connectivity index (χ1v) is 11.5. The zero-order valence-electron chi connectivity index (χ0n) is 19.3. The summed E-state index contributed by atoms with van der Waals surface area (Å²) >= 11 is 5.79. The van der Waals surface area contributed by atoms with Gasteiger partial charge in [-0.2, -0.15) is 4.98 Å². The Balaban J connectivity index is 1.80. The number of aromatic nitrogens is 2. The second kappa shape index (κ2) is 9.25. The molecule has 0 fully saturated rings. The monoisotopic (exact) mass is 446 g/mol. The molecule has 0 spiro atoms. The van der Waals surface area contributed by atoms with Gasteiger partial charge in [-0.25, -0.2) is 0 Å². The number of nitrogens with one attached hydrogen (secondary N) is 1. The summed E-state index contributed by atoms with van der Waals surface area (Å²) < 4.78 is 5.81. The minimum Gasteiger partial charge on any atom is -0.351 e. The quantitative estimate of drug-likeness (QED) is 0.464. The SMILES string of the molecule is CC1=C(c2nc(-c3ccccc3)no2)C(c2ccc(C)c(C)c2)NC(=S)N1CCC(C)C. The van der Waals surface area contributed by atoms with Crippen LogP contribution in [0.3, 0.4) is 0 Å². The Kier molecular flexibility index (Phi) is 6.42. The fraction of sp³-hybridized carbons (Fsp3) is 0.346. The maximum Gasteiger partial charge on any atom is 0.258 e. The van der Waals surface area contributed by atoms with Crippen molar-refractivity contribution in [1.29, 1.82) is 0 Å². The standard InChI is InChI=1S/C26H30N4OS/c1-16(2)13-14-30-19(5)22(25-28-24(29-31-25)20-9-7-6-8-10-20)23(27-26(30)32)21-12-11-17(3)18(4)15-21/h6-12,15-16,23H,13-14H2,1-5H3,(H,27,32). The van der Waals surface area contributed by atoms with E-state index >= 15 is 0 Å². The Morgan fingerprint density at radius 2 is 1.81 bits per heavy atom. The van der Waals surface area contributed by atoms with Gasteiger partial charge in [0.15, 0.2) is 5.11 Å². The normalized spacial score (nSPS) is 16.6. The largest absolute Gasteiger partial charge is 0.351 e. The highest BCUT2D eigenvalue weighted by Crippen LogP contribution is 2.38. The molecule has 32 heavy (non-hydrogen) atoms. The van der Waals surface area contributed by atoms with Crippen LogP contribution in [0.2, 0.25) is 0 Å². The van der Waals surface area contributed by atoms with Crippen LogP contribution >= 0.6 is 12.2 Å². The van der Waals surface area contributed by atoms with E-state index in [4.69, 9.17) is 21.7 Å². The van der Waals surface area contributed by atoms with Gasteiger partial charge in [-0.3, -0.25) is 0 Å². The summed E-state index contributed by atoms with van der Waals surface area (Å²) in [4.78, 5) is 6.94. The average molecular weight is 447 g/mol. The minimum atomic E-state index is -0.152. The molecule has 0 saturated heterocycles. The fourth-order valence-corrected chi connectivity index (χ4v) is 4.29. The maximum absolute atomic E-state index is 5.81. The van der Waals surface area contributed by atoms with Crippen molar-refractivity contribution < 1.29 is 4.52 Å². The molecular weight excluding hydrogens is 416 g/mol. The van der Waals surface area contributed by atoms with Gasteiger partial charge in [-0.15, -0.1) is 0 Å². The summed E-state index contributed by atoms with van der Waals surface area (Å²) in [6.07, 6.45) is 1.04. The first kappa shape index (κ1) is 22.2. The molecule has 1 aromatic heterocycles. The van der Waals surface area contributed by atoms with Crippen molar-refractivity contribution in [3.63, 3.8) is 0 Å². The van der Waals surface area contributed by atoms with Crippen molar-refractivity contribution in [2.75, 3.05) is 6.54 Å². The van der Waals surface area contributed by atoms with E-state index in [2.05, 4.69) is 68.2 Å². The number of hydrogen-bond donors (Lipinski definition) is 1. The molecule has 5 nitrogen and oxygen atoms in total. The van der Waals surface area contributed by atoms with Crippen molar-refractivity contribution in [2.45, 2.75) is 47.1 Å². The molecule has 0 amide bonds. The van der Waals surface area contributed by atoms with Crippen LogP contribution < -0.4 is 5.32 Å². The lowest BCUT2D eigenvalue weighted by atomic mass is 9.92. The Morgan fingerprint density at radius 1 is 1.06 bits per heavy atom. The lowest BCUT2D eigenvalue weighted by Crippen LogP contribution is -2.46. The van der Waals surface area contributed by atoms with Gasteiger partial charge in [-0.05, 0) is 62.0 Å². The number of nitrogens with zero attached hydrogens (tertiary/aromatic N) is 3. The van der Waals surface area contributed by atoms with Crippen molar-refractivity contribution in [2.24, 2.45) is 5.92 Å². The predicted octanol–water partition coefficient (Wildman–Crippen LogP) is 6.06. The number of thiocarbonyl (C=S) groups is 1. The van der Waals surface area contributed by atoms with Crippen molar-refractivity contribution in [1.82, 2.24) is 20.4 Å². The van der Waals surface area contributed by atoms with Gasteiger partial charge in [0.2, 0.25) is 5.82 Å². The molecular formula is C26H30N4OS. The highest BCUT2D eigenvalue weighted by Gasteiger charge is 2.34. The summed E-state index contributed by atoms with van der Waals surface area (Å²) in [6.45, 7) is 11.6. The van der Waals surface area contributed by atoms with Crippen LogP contribution in [0.4, 0.5) is 0 Å². The second-order valence-corrected chi connectivity index (χ2v) is 9.24. The van der Waals surface area contributed by atoms with Crippen LogP contribution in [0.25, 0.3) is 17.0 Å². The minimum absolute atomic E-state index is 0.152. The van der Waals surface area contributed by atoms with Gasteiger partial charge in [0.25, 0.3) is 5.89 Å². The number of benzene rings is 2. The molecule has 1 N–H and O–H groups in total. The third-order valence-electron chi connectivity index (χ3n) is 6.08. The first-order valence-electron chi connectivity index (χ1n) is 11.1. The zero-order chi connectivity index (χ0) is 22.8. The van der Waals surface area contributed by atoms with E-state index in [1.807, 2.05) is 30.3 Å². The van der Waals surface area contributed by atoms with Crippen LogP contribution in [0.5, 0.6) is 0 Å². The number of allylic oxidation sites excluding steroid dienone is 1. The topological polar surface area (TPSA) is 54.2 Å². The third-order valence-corrected chi connectivity index (χ3v) is 6.42. The molecule has 4 rings (SSSR count). The van der Waals surface area contributed by atoms with Gasteiger partial charge < -0.3 is 14.7 Å². The van der Waals surface area contributed by atoms with Crippen LogP contribution in [-0.2, 0) is 0 Å². The molecule has 1 unspecified atom stereocenters. The van der Waals surface area contributed by atoms with E-state index in [1.165, 1.54) is 11.1 Å². The van der Waals surface area contributed by atoms with E-state index in [0.29, 0.717) is 17.6 Å². The molecule has 1 aliphatic heterocycles. The van der Waals surface area contributed by atoms with Gasteiger partial charge in [-0.1, -0.05) is 67.5 Å². The summed E-state index contributed by atoms with van der Waals surface area (Å²) in [5.41, 5.74) is 6.59. The highest BCUT2D eigenvalue weighted by atomic mass is 32.1. The van der Waals surface area contributed by atoms with Crippen LogP contribution in [0.1, 0.15) is 55.8 Å². The summed E-state index contributed by atoms with van der Waals surface area (Å²) in [6, 6.07) is 16.3. The molecule has 166 valence electrons. The maximum atomic E-state index is 5.81. The van der Waals surface area contributed by atoms with Crippen molar-refractivity contribution in [3.05, 3.63) is 76.8 Å². The smallest absolute Gasteiger partial charge is 0.258 e. The number of rotatable bonds is 6. The lowest BCUT2D eigenvalue weighted by molar-refractivity contribution is 0.390. The molecule has 3 aromatic rings. The summed E-state index contributed by atoms with van der Waals surface area (Å²) in [5.74, 6) is 1.69. The van der Waals surface area contributed by atoms with Crippen LogP contribution in [-0.4, -0.2) is 26.7 Å². The van der Waals surface area contributed by atoms with Crippen LogP contribution in [0.15, 0.2) is 58.8 Å². The fourth-order valence-electron chi connectivity index (χ4n) is 3.95. The summed E-state index contributed by atoms with van der Waals surface area (Å²) in [7, 11) is 0. The van der Waals surface area contributed by atoms with Gasteiger partial charge in [0, 0.05) is 17.8 Å². The van der Waals surface area contributed by atoms with Crippen LogP contribution in [0, 0.1) is 19.8 Å². The first-order chi connectivity index (χ1) is 15.3. The molecule has 2 heterocycles. The number of aryl methyl sites for hydroxylation is 2. The van der Waals surface area contributed by atoms with E-state index in [0.717, 1.165) is 40.5 Å². The lowest BCUT2D eigenvalue weighted by Gasteiger charge is -2.37. The molecule has 0 saturated carbocycles. The van der Waals surface area contributed by atoms with Gasteiger partial charge >= 0.3 is 0 Å². The van der Waals surface area contributed by atoms with Crippen molar-refractivity contribution >= 4 is 22.9 Å². The third kappa shape index (κ3) is 4.46. The molecule has 0 aliphatic carbocycles. The molecule has 1 atom stereocenters. The Bertz CT molecular complexity index is 1150. The van der Waals surface area contributed by atoms with E-state index in [9.17, 15) is 0 Å². The second-order valence-electron chi connectivity index (χ2n) is 8.85. The zero-order valence-corrected chi connectivity index (χ0v) is 20.2. The Labute approximate surface area is 195 Å². The number of hydrogen-bond acceptors (Lipinski definition) is 4. The molecule has 0 radical (unpaired) electrons. The van der Waals surface area contributed by atoms with E-state index in [-0.39, 0.29) is 6.04 Å². The molecule has 6 heteroatoms. The molecule has 1 aliphatic rings. The van der Waals surface area contributed by atoms with E-state index < -0.39 is 0 Å². The van der Waals surface area contributed by atoms with E-state index in [1.54, 1.807) is 0 Å². The Hall–Kier alpha value is -2.99. The predicted molar refractivity (Wildman–Crippen MR) is 133 cm³/mol. The molecule has 2 aromatic carbocycles. The highest BCUT2D eigenvalue weighted by molar-refractivity contribution is 7.80. The Morgan fingerprint density at radius 3 is 2.50 bits per heavy atom.